The fourth-order valence-electron chi connectivity index (χ4n) is 1.76. The SMILES string of the molecule is CC(=O)Oc1ccc(-c2ccc(OC(C)=O)cc2)cc1. The van der Waals surface area contributed by atoms with Crippen LogP contribution in [0.2, 0.25) is 0 Å². The first-order chi connectivity index (χ1) is 9.54. The molecule has 0 bridgehead atoms. The van der Waals surface area contributed by atoms with E-state index in [0.29, 0.717) is 11.5 Å². The summed E-state index contributed by atoms with van der Waals surface area (Å²) in [6.07, 6.45) is 0. The van der Waals surface area contributed by atoms with Crippen molar-refractivity contribution in [2.45, 2.75) is 13.8 Å². The maximum absolute atomic E-state index is 10.8. The smallest absolute Gasteiger partial charge is 0.308 e. The van der Waals surface area contributed by atoms with E-state index < -0.39 is 0 Å². The summed E-state index contributed by atoms with van der Waals surface area (Å²) in [6.45, 7) is 2.73. The maximum atomic E-state index is 10.8. The summed E-state index contributed by atoms with van der Waals surface area (Å²) >= 11 is 0. The Morgan fingerprint density at radius 3 is 1.20 bits per heavy atom. The minimum atomic E-state index is -0.344. The van der Waals surface area contributed by atoms with Crippen LogP contribution in [0.15, 0.2) is 48.5 Å². The number of hydrogen-bond acceptors (Lipinski definition) is 4. The predicted molar refractivity (Wildman–Crippen MR) is 74.5 cm³/mol. The molecule has 2 aromatic rings. The molecule has 4 nitrogen and oxygen atoms in total. The molecule has 0 radical (unpaired) electrons. The summed E-state index contributed by atoms with van der Waals surface area (Å²) in [7, 11) is 0. The van der Waals surface area contributed by atoms with Crippen LogP contribution in [-0.4, -0.2) is 11.9 Å². The minimum absolute atomic E-state index is 0.344. The van der Waals surface area contributed by atoms with E-state index in [1.165, 1.54) is 13.8 Å². The Kier molecular flexibility index (Phi) is 4.15. The first-order valence-corrected chi connectivity index (χ1v) is 6.12. The van der Waals surface area contributed by atoms with Gasteiger partial charge >= 0.3 is 11.9 Å². The van der Waals surface area contributed by atoms with Crippen LogP contribution in [0, 0.1) is 0 Å². The normalized spacial score (nSPS) is 9.90. The molecule has 0 N–H and O–H groups in total. The molecule has 2 rings (SSSR count). The Morgan fingerprint density at radius 2 is 0.950 bits per heavy atom. The molecule has 0 aliphatic heterocycles. The van der Waals surface area contributed by atoms with E-state index in [9.17, 15) is 9.59 Å². The van der Waals surface area contributed by atoms with Crippen molar-refractivity contribution in [2.75, 3.05) is 0 Å². The summed E-state index contributed by atoms with van der Waals surface area (Å²) in [6, 6.07) is 14.4. The Balaban J connectivity index is 2.15. The zero-order valence-electron chi connectivity index (χ0n) is 11.3. The summed E-state index contributed by atoms with van der Waals surface area (Å²) in [5.41, 5.74) is 1.96. The molecule has 0 aliphatic rings. The van der Waals surface area contributed by atoms with Gasteiger partial charge in [-0.3, -0.25) is 9.59 Å². The second-order valence-electron chi connectivity index (χ2n) is 4.24. The fourth-order valence-corrected chi connectivity index (χ4v) is 1.76. The lowest BCUT2D eigenvalue weighted by molar-refractivity contribution is -0.132. The van der Waals surface area contributed by atoms with Crippen LogP contribution >= 0.6 is 0 Å². The number of hydrogen-bond donors (Lipinski definition) is 0. The number of rotatable bonds is 3. The van der Waals surface area contributed by atoms with Crippen molar-refractivity contribution in [3.05, 3.63) is 48.5 Å². The number of ether oxygens (including phenoxy) is 2. The van der Waals surface area contributed by atoms with Gasteiger partial charge in [0.2, 0.25) is 0 Å². The molecule has 0 aliphatic carbocycles. The van der Waals surface area contributed by atoms with Crippen molar-refractivity contribution in [3.8, 4) is 22.6 Å². The van der Waals surface area contributed by atoms with Crippen molar-refractivity contribution < 1.29 is 19.1 Å². The van der Waals surface area contributed by atoms with Gasteiger partial charge in [0.05, 0.1) is 0 Å². The van der Waals surface area contributed by atoms with Crippen molar-refractivity contribution in [1.82, 2.24) is 0 Å². The van der Waals surface area contributed by atoms with E-state index in [0.717, 1.165) is 11.1 Å². The van der Waals surface area contributed by atoms with Crippen molar-refractivity contribution >= 4 is 11.9 Å². The molecule has 0 aromatic heterocycles. The molecule has 102 valence electrons. The largest absolute Gasteiger partial charge is 0.427 e. The molecule has 0 spiro atoms. The molecule has 0 saturated carbocycles. The zero-order chi connectivity index (χ0) is 14.5. The van der Waals surface area contributed by atoms with Gasteiger partial charge in [-0.25, -0.2) is 0 Å². The minimum Gasteiger partial charge on any atom is -0.427 e. The van der Waals surface area contributed by atoms with Crippen LogP contribution in [0.4, 0.5) is 0 Å². The van der Waals surface area contributed by atoms with Gasteiger partial charge in [-0.05, 0) is 35.4 Å². The average molecular weight is 270 g/mol. The third-order valence-electron chi connectivity index (χ3n) is 2.57. The van der Waals surface area contributed by atoms with Gasteiger partial charge in [0.15, 0.2) is 0 Å². The van der Waals surface area contributed by atoms with Gasteiger partial charge in [-0.1, -0.05) is 24.3 Å². The lowest BCUT2D eigenvalue weighted by Gasteiger charge is -2.06. The number of carbonyl (C=O) groups excluding carboxylic acids is 2. The number of carbonyl (C=O) groups is 2. The van der Waals surface area contributed by atoms with Gasteiger partial charge < -0.3 is 9.47 Å². The van der Waals surface area contributed by atoms with Crippen LogP contribution in [0.25, 0.3) is 11.1 Å². The number of benzene rings is 2. The summed E-state index contributed by atoms with van der Waals surface area (Å²) < 4.78 is 9.94. The van der Waals surface area contributed by atoms with Crippen LogP contribution in [0.3, 0.4) is 0 Å². The first-order valence-electron chi connectivity index (χ1n) is 6.12. The molecule has 0 unspecified atom stereocenters. The first kappa shape index (κ1) is 13.8. The molecule has 4 heteroatoms. The zero-order valence-corrected chi connectivity index (χ0v) is 11.3. The Bertz CT molecular complexity index is 554. The van der Waals surface area contributed by atoms with E-state index in [2.05, 4.69) is 0 Å². The quantitative estimate of drug-likeness (QED) is 0.635. The van der Waals surface area contributed by atoms with E-state index >= 15 is 0 Å². The molecule has 0 amide bonds. The van der Waals surface area contributed by atoms with Gasteiger partial charge in [0.1, 0.15) is 11.5 Å². The van der Waals surface area contributed by atoms with E-state index in [1.54, 1.807) is 24.3 Å². The Morgan fingerprint density at radius 1 is 0.650 bits per heavy atom. The molecule has 0 heterocycles. The Labute approximate surface area is 116 Å². The third-order valence-corrected chi connectivity index (χ3v) is 2.57. The number of esters is 2. The van der Waals surface area contributed by atoms with E-state index in [1.807, 2.05) is 24.3 Å². The molecule has 0 saturated heterocycles. The molecular weight excluding hydrogens is 256 g/mol. The van der Waals surface area contributed by atoms with E-state index in [-0.39, 0.29) is 11.9 Å². The second-order valence-corrected chi connectivity index (χ2v) is 4.24. The van der Waals surface area contributed by atoms with Crippen molar-refractivity contribution in [3.63, 3.8) is 0 Å². The summed E-state index contributed by atoms with van der Waals surface area (Å²) in [5.74, 6) is 0.336. The third kappa shape index (κ3) is 3.68. The summed E-state index contributed by atoms with van der Waals surface area (Å²) in [4.78, 5) is 21.7. The molecule has 2 aromatic carbocycles. The van der Waals surface area contributed by atoms with E-state index in [4.69, 9.17) is 9.47 Å². The lowest BCUT2D eigenvalue weighted by atomic mass is 10.1. The van der Waals surface area contributed by atoms with Crippen LogP contribution in [-0.2, 0) is 9.59 Å². The average Bonchev–Trinajstić information content (AvgIpc) is 2.39. The highest BCUT2D eigenvalue weighted by Crippen LogP contribution is 2.24. The molecule has 20 heavy (non-hydrogen) atoms. The van der Waals surface area contributed by atoms with Gasteiger partial charge in [0, 0.05) is 13.8 Å². The Hall–Kier alpha value is -2.62. The fraction of sp³-hybridized carbons (Fsp3) is 0.125. The van der Waals surface area contributed by atoms with Gasteiger partial charge in [-0.15, -0.1) is 0 Å². The lowest BCUT2D eigenvalue weighted by Crippen LogP contribution is -2.01. The van der Waals surface area contributed by atoms with Gasteiger partial charge in [-0.2, -0.15) is 0 Å². The maximum Gasteiger partial charge on any atom is 0.308 e. The van der Waals surface area contributed by atoms with Crippen LogP contribution in [0.5, 0.6) is 11.5 Å². The topological polar surface area (TPSA) is 52.6 Å². The van der Waals surface area contributed by atoms with Crippen LogP contribution < -0.4 is 9.47 Å². The standard InChI is InChI=1S/C16H14O4/c1-11(17)19-15-7-3-13(4-8-15)14-5-9-16(10-6-14)20-12(2)18/h3-10H,1-2H3. The monoisotopic (exact) mass is 270 g/mol. The highest BCUT2D eigenvalue weighted by atomic mass is 16.5. The molecule has 0 atom stereocenters. The van der Waals surface area contributed by atoms with Crippen LogP contribution in [0.1, 0.15) is 13.8 Å². The van der Waals surface area contributed by atoms with Crippen molar-refractivity contribution in [1.29, 1.82) is 0 Å². The molecule has 0 fully saturated rings. The van der Waals surface area contributed by atoms with Crippen molar-refractivity contribution in [2.24, 2.45) is 0 Å². The molecular formula is C16H14O4. The van der Waals surface area contributed by atoms with Gasteiger partial charge in [0.25, 0.3) is 0 Å². The second kappa shape index (κ2) is 6.02. The highest BCUT2D eigenvalue weighted by Gasteiger charge is 2.02. The highest BCUT2D eigenvalue weighted by molar-refractivity contribution is 5.71. The summed E-state index contributed by atoms with van der Waals surface area (Å²) in [5, 5.41) is 0. The predicted octanol–water partition coefficient (Wildman–Crippen LogP) is 3.20.